The largest absolute Gasteiger partial charge is 0.307 e. The third-order valence-electron chi connectivity index (χ3n) is 11.4. The molecule has 0 unspecified atom stereocenters. The maximum absolute atomic E-state index is 15.6. The molecular weight excluding hydrogens is 765 g/mol. The number of carbonyl (C=O) groups is 2. The lowest BCUT2D eigenvalue weighted by molar-refractivity contribution is 0.0926. The minimum Gasteiger partial charge on any atom is -0.307 e. The number of nitrogens with zero attached hydrogens (tertiary/aromatic N) is 6. The van der Waals surface area contributed by atoms with Gasteiger partial charge in [0.25, 0.3) is 11.8 Å². The van der Waals surface area contributed by atoms with E-state index in [-0.39, 0.29) is 11.1 Å². The van der Waals surface area contributed by atoms with E-state index in [1.807, 2.05) is 126 Å². The van der Waals surface area contributed by atoms with Gasteiger partial charge in [0.15, 0.2) is 0 Å². The van der Waals surface area contributed by atoms with Gasteiger partial charge < -0.3 is 4.57 Å². The van der Waals surface area contributed by atoms with Crippen molar-refractivity contribution in [3.05, 3.63) is 203 Å². The molecule has 0 spiro atoms. The summed E-state index contributed by atoms with van der Waals surface area (Å²) in [6.45, 7) is 0. The molecule has 2 amide bonds. The van der Waals surface area contributed by atoms with Crippen molar-refractivity contribution in [1.29, 1.82) is 21.0 Å². The molecule has 0 radical (unpaired) electrons. The summed E-state index contributed by atoms with van der Waals surface area (Å²) in [5.74, 6) is -0.989. The summed E-state index contributed by atoms with van der Waals surface area (Å²) in [5.41, 5.74) is 9.49. The Balaban J connectivity index is 1.31. The maximum atomic E-state index is 15.6. The van der Waals surface area contributed by atoms with Crippen molar-refractivity contribution in [1.82, 2.24) is 4.57 Å². The van der Waals surface area contributed by atoms with Crippen LogP contribution in [0.3, 0.4) is 0 Å². The zero-order chi connectivity index (χ0) is 42.5. The Morgan fingerprint density at radius 3 is 1.23 bits per heavy atom. The first-order valence-corrected chi connectivity index (χ1v) is 19.7. The molecule has 62 heavy (non-hydrogen) atoms. The molecule has 8 heteroatoms. The first kappa shape index (κ1) is 37.0. The SMILES string of the molecule is N#Cc1cc(C#N)cc(-c2cccc3c4cccc(-c5cc(C#N)cc(C#N)c5)c4n(-c4cccc5c4C(=O)N(c4c(-c6ccccc6)cccc4-c4ccccc4)C5=O)c23)c1. The van der Waals surface area contributed by atoms with Crippen LogP contribution in [0.1, 0.15) is 43.0 Å². The van der Waals surface area contributed by atoms with Crippen molar-refractivity contribution < 1.29 is 9.59 Å². The smallest absolute Gasteiger partial charge is 0.268 e. The minimum atomic E-state index is -0.511. The lowest BCUT2D eigenvalue weighted by atomic mass is 9.95. The van der Waals surface area contributed by atoms with E-state index in [2.05, 4.69) is 24.3 Å². The molecule has 8 nitrogen and oxygen atoms in total. The lowest BCUT2D eigenvalue weighted by Gasteiger charge is -2.23. The van der Waals surface area contributed by atoms with Gasteiger partial charge in [0.2, 0.25) is 0 Å². The molecule has 286 valence electrons. The molecule has 0 N–H and O–H groups in total. The molecule has 9 aromatic rings. The van der Waals surface area contributed by atoms with E-state index in [0.29, 0.717) is 78.0 Å². The summed E-state index contributed by atoms with van der Waals surface area (Å²) in [7, 11) is 0. The molecule has 10 rings (SSSR count). The van der Waals surface area contributed by atoms with Gasteiger partial charge in [0.1, 0.15) is 0 Å². The zero-order valence-corrected chi connectivity index (χ0v) is 32.7. The molecule has 1 aliphatic heterocycles. The second kappa shape index (κ2) is 14.8. The third kappa shape index (κ3) is 5.81. The normalized spacial score (nSPS) is 11.8. The van der Waals surface area contributed by atoms with Crippen LogP contribution in [0.25, 0.3) is 72.0 Å². The Bertz CT molecular complexity index is 3300. The molecule has 0 fully saturated rings. The Morgan fingerprint density at radius 2 is 0.774 bits per heavy atom. The summed E-state index contributed by atoms with van der Waals surface area (Å²) < 4.78 is 1.97. The molecule has 8 aromatic carbocycles. The van der Waals surface area contributed by atoms with E-state index in [9.17, 15) is 21.0 Å². The number of anilines is 1. The highest BCUT2D eigenvalue weighted by Crippen LogP contribution is 2.47. The summed E-state index contributed by atoms with van der Waals surface area (Å²) in [6.07, 6.45) is 0. The summed E-state index contributed by atoms with van der Waals surface area (Å²) >= 11 is 0. The predicted octanol–water partition coefficient (Wildman–Crippen LogP) is 11.7. The number of hydrogen-bond donors (Lipinski definition) is 0. The molecule has 2 heterocycles. The fourth-order valence-electron chi connectivity index (χ4n) is 8.79. The molecule has 0 atom stereocenters. The van der Waals surface area contributed by atoms with Gasteiger partial charge in [-0.05, 0) is 70.8 Å². The quantitative estimate of drug-likeness (QED) is 0.154. The standard InChI is InChI=1S/C54H28N6O2/c55-29-33-23-34(30-56)26-39(25-33)43-17-8-19-45-46-20-9-18-44(40-27-35(31-57)24-36(28-40)32-58)52(46)59(51(43)45)48-22-10-21-47-49(48)54(62)60(53(47)61)50-41(37-11-3-1-4-12-37)15-7-16-42(50)38-13-5-2-6-14-38/h1-28H. The van der Waals surface area contributed by atoms with Gasteiger partial charge in [-0.2, -0.15) is 21.0 Å². The van der Waals surface area contributed by atoms with Crippen LogP contribution in [0.5, 0.6) is 0 Å². The Kier molecular flexibility index (Phi) is 8.82. The van der Waals surface area contributed by atoms with E-state index in [1.165, 1.54) is 17.0 Å². The van der Waals surface area contributed by atoms with Gasteiger partial charge in [-0.15, -0.1) is 0 Å². The maximum Gasteiger partial charge on any atom is 0.268 e. The molecule has 1 aromatic heterocycles. The topological polar surface area (TPSA) is 137 Å². The second-order valence-electron chi connectivity index (χ2n) is 14.9. The van der Waals surface area contributed by atoms with Crippen molar-refractivity contribution >= 4 is 39.3 Å². The number of para-hydroxylation sites is 3. The average molecular weight is 793 g/mol. The number of aromatic nitrogens is 1. The van der Waals surface area contributed by atoms with Gasteiger partial charge in [-0.1, -0.05) is 121 Å². The van der Waals surface area contributed by atoms with Gasteiger partial charge in [-0.3, -0.25) is 9.59 Å². The lowest BCUT2D eigenvalue weighted by Crippen LogP contribution is -2.30. The van der Waals surface area contributed by atoms with Crippen LogP contribution < -0.4 is 4.90 Å². The highest BCUT2D eigenvalue weighted by molar-refractivity contribution is 6.37. The van der Waals surface area contributed by atoms with Gasteiger partial charge in [-0.25, -0.2) is 4.90 Å². The van der Waals surface area contributed by atoms with Crippen LogP contribution >= 0.6 is 0 Å². The van der Waals surface area contributed by atoms with Gasteiger partial charge in [0, 0.05) is 33.0 Å². The van der Waals surface area contributed by atoms with E-state index in [4.69, 9.17) is 0 Å². The molecule has 0 aliphatic carbocycles. The first-order chi connectivity index (χ1) is 30.4. The predicted molar refractivity (Wildman–Crippen MR) is 239 cm³/mol. The van der Waals surface area contributed by atoms with Crippen molar-refractivity contribution in [2.75, 3.05) is 4.90 Å². The Hall–Kier alpha value is -9.34. The van der Waals surface area contributed by atoms with Gasteiger partial charge >= 0.3 is 0 Å². The molecular formula is C54H28N6O2. The van der Waals surface area contributed by atoms with Crippen molar-refractivity contribution in [3.8, 4) is 74.5 Å². The number of rotatable bonds is 6. The highest BCUT2D eigenvalue weighted by atomic mass is 16.2. The summed E-state index contributed by atoms with van der Waals surface area (Å²) in [4.78, 5) is 31.9. The van der Waals surface area contributed by atoms with E-state index >= 15 is 9.59 Å². The molecule has 0 bridgehead atoms. The average Bonchev–Trinajstić information content (AvgIpc) is 3.81. The molecule has 0 saturated heterocycles. The number of imide groups is 1. The fourth-order valence-corrected chi connectivity index (χ4v) is 8.79. The summed E-state index contributed by atoms with van der Waals surface area (Å²) in [6, 6.07) is 60.6. The number of fused-ring (bicyclic) bond motifs is 4. The third-order valence-corrected chi connectivity index (χ3v) is 11.4. The van der Waals surface area contributed by atoms with Crippen molar-refractivity contribution in [3.63, 3.8) is 0 Å². The molecule has 0 saturated carbocycles. The van der Waals surface area contributed by atoms with Crippen molar-refractivity contribution in [2.45, 2.75) is 0 Å². The van der Waals surface area contributed by atoms with E-state index < -0.39 is 11.8 Å². The zero-order valence-electron chi connectivity index (χ0n) is 32.7. The Labute approximate surface area is 355 Å². The van der Waals surface area contributed by atoms with Crippen LogP contribution in [0.15, 0.2) is 170 Å². The minimum absolute atomic E-state index is 0.190. The number of hydrogen-bond acceptors (Lipinski definition) is 6. The number of nitriles is 4. The van der Waals surface area contributed by atoms with E-state index in [0.717, 1.165) is 21.9 Å². The van der Waals surface area contributed by atoms with Gasteiger partial charge in [0.05, 0.1) is 80.1 Å². The summed E-state index contributed by atoms with van der Waals surface area (Å²) in [5, 5.41) is 41.7. The fraction of sp³-hybridized carbons (Fsp3) is 0. The van der Waals surface area contributed by atoms with Crippen LogP contribution in [-0.2, 0) is 0 Å². The number of benzene rings is 8. The highest BCUT2D eigenvalue weighted by Gasteiger charge is 2.42. The van der Waals surface area contributed by atoms with Crippen LogP contribution in [0.2, 0.25) is 0 Å². The molecule has 1 aliphatic rings. The number of carbonyl (C=O) groups excluding carboxylic acids is 2. The second-order valence-corrected chi connectivity index (χ2v) is 14.9. The van der Waals surface area contributed by atoms with E-state index in [1.54, 1.807) is 36.4 Å². The monoisotopic (exact) mass is 792 g/mol. The first-order valence-electron chi connectivity index (χ1n) is 19.7. The Morgan fingerprint density at radius 1 is 0.371 bits per heavy atom. The van der Waals surface area contributed by atoms with Crippen molar-refractivity contribution in [2.24, 2.45) is 0 Å². The van der Waals surface area contributed by atoms with Crippen LogP contribution in [0.4, 0.5) is 5.69 Å². The number of amides is 2. The van der Waals surface area contributed by atoms with Crippen LogP contribution in [0, 0.1) is 45.3 Å². The van der Waals surface area contributed by atoms with Crippen LogP contribution in [-0.4, -0.2) is 16.4 Å².